The van der Waals surface area contributed by atoms with Gasteiger partial charge in [0, 0.05) is 24.7 Å². The van der Waals surface area contributed by atoms with Crippen LogP contribution in [0.2, 0.25) is 5.02 Å². The molecule has 0 bridgehead atoms. The first kappa shape index (κ1) is 16.3. The maximum absolute atomic E-state index is 11.3. The molecule has 0 saturated heterocycles. The van der Waals surface area contributed by atoms with E-state index >= 15 is 0 Å². The van der Waals surface area contributed by atoms with Gasteiger partial charge in [-0.1, -0.05) is 23.7 Å². The number of carbonyl (C=O) groups excluding carboxylic acids is 1. The lowest BCUT2D eigenvalue weighted by Gasteiger charge is -2.16. The van der Waals surface area contributed by atoms with Gasteiger partial charge in [0.25, 0.3) is 0 Å². The number of anilines is 1. The molecule has 1 N–H and O–H groups in total. The first-order valence-corrected chi connectivity index (χ1v) is 7.26. The van der Waals surface area contributed by atoms with E-state index in [9.17, 15) is 9.90 Å². The Morgan fingerprint density at radius 2 is 1.95 bits per heavy atom. The molecule has 1 amide bonds. The van der Waals surface area contributed by atoms with Gasteiger partial charge < -0.3 is 14.7 Å². The van der Waals surface area contributed by atoms with E-state index in [0.29, 0.717) is 16.3 Å². The van der Waals surface area contributed by atoms with E-state index in [0.717, 1.165) is 5.69 Å². The highest BCUT2D eigenvalue weighted by Gasteiger charge is 2.10. The molecule has 1 unspecified atom stereocenters. The molecule has 0 aliphatic heterocycles. The van der Waals surface area contributed by atoms with E-state index in [1.807, 2.05) is 0 Å². The van der Waals surface area contributed by atoms with Crippen LogP contribution in [-0.4, -0.2) is 24.7 Å². The summed E-state index contributed by atoms with van der Waals surface area (Å²) in [4.78, 5) is 12.8. The number of aliphatic hydroxyl groups excluding tert-OH is 1. The number of hydrogen-bond donors (Lipinski definition) is 1. The first-order chi connectivity index (χ1) is 10.5. The van der Waals surface area contributed by atoms with Gasteiger partial charge in [-0.05, 0) is 42.0 Å². The van der Waals surface area contributed by atoms with Crippen LogP contribution in [0.4, 0.5) is 5.69 Å². The largest absolute Gasteiger partial charge is 0.491 e. The number of ether oxygens (including phenoxy) is 1. The van der Waals surface area contributed by atoms with E-state index in [1.54, 1.807) is 60.5 Å². The minimum absolute atomic E-state index is 0.0370. The van der Waals surface area contributed by atoms with Gasteiger partial charge in [0.15, 0.2) is 0 Å². The highest BCUT2D eigenvalue weighted by molar-refractivity contribution is 6.30. The van der Waals surface area contributed by atoms with Crippen LogP contribution in [0, 0.1) is 0 Å². The number of benzene rings is 2. The van der Waals surface area contributed by atoms with E-state index < -0.39 is 6.10 Å². The van der Waals surface area contributed by atoms with Gasteiger partial charge in [0.2, 0.25) is 5.91 Å². The van der Waals surface area contributed by atoms with Crippen molar-refractivity contribution in [2.45, 2.75) is 13.0 Å². The molecule has 0 fully saturated rings. The fourth-order valence-electron chi connectivity index (χ4n) is 1.93. The molecule has 0 saturated carbocycles. The predicted octanol–water partition coefficient (Wildman–Crippen LogP) is 3.44. The Kier molecular flexibility index (Phi) is 5.41. The van der Waals surface area contributed by atoms with E-state index in [2.05, 4.69) is 0 Å². The van der Waals surface area contributed by atoms with Crippen molar-refractivity contribution in [3.05, 3.63) is 59.1 Å². The van der Waals surface area contributed by atoms with Crippen LogP contribution in [0.15, 0.2) is 48.5 Å². The maximum atomic E-state index is 11.3. The van der Waals surface area contributed by atoms with Crippen LogP contribution < -0.4 is 9.64 Å². The highest BCUT2D eigenvalue weighted by atomic mass is 35.5. The molecular weight excluding hydrogens is 302 g/mol. The van der Waals surface area contributed by atoms with Crippen molar-refractivity contribution >= 4 is 23.2 Å². The highest BCUT2D eigenvalue weighted by Crippen LogP contribution is 2.21. The third-order valence-corrected chi connectivity index (χ3v) is 3.57. The van der Waals surface area contributed by atoms with Gasteiger partial charge in [-0.3, -0.25) is 4.79 Å². The summed E-state index contributed by atoms with van der Waals surface area (Å²) in [5.41, 5.74) is 1.50. The van der Waals surface area contributed by atoms with Crippen molar-refractivity contribution in [2.24, 2.45) is 0 Å². The number of nitrogens with zero attached hydrogens (tertiary/aromatic N) is 1. The third kappa shape index (κ3) is 4.23. The van der Waals surface area contributed by atoms with Crippen molar-refractivity contribution in [3.63, 3.8) is 0 Å². The van der Waals surface area contributed by atoms with Crippen molar-refractivity contribution in [1.82, 2.24) is 0 Å². The SMILES string of the molecule is CC(=O)N(C)c1ccc(OCC(O)c2cccc(Cl)c2)cc1. The topological polar surface area (TPSA) is 49.8 Å². The summed E-state index contributed by atoms with van der Waals surface area (Å²) in [7, 11) is 1.71. The quantitative estimate of drug-likeness (QED) is 0.918. The fraction of sp³-hybridized carbons (Fsp3) is 0.235. The molecule has 116 valence electrons. The number of amides is 1. The normalized spacial score (nSPS) is 11.8. The monoisotopic (exact) mass is 319 g/mol. The van der Waals surface area contributed by atoms with Crippen molar-refractivity contribution in [3.8, 4) is 5.75 Å². The Bertz CT molecular complexity index is 643. The number of hydrogen-bond acceptors (Lipinski definition) is 3. The Hall–Kier alpha value is -2.04. The Morgan fingerprint density at radius 3 is 2.55 bits per heavy atom. The lowest BCUT2D eigenvalue weighted by molar-refractivity contribution is -0.116. The van der Waals surface area contributed by atoms with E-state index in [4.69, 9.17) is 16.3 Å². The molecule has 0 spiro atoms. The molecule has 0 aromatic heterocycles. The molecular formula is C17H18ClNO3. The lowest BCUT2D eigenvalue weighted by atomic mass is 10.1. The molecule has 4 nitrogen and oxygen atoms in total. The second kappa shape index (κ2) is 7.29. The van der Waals surface area contributed by atoms with Crippen LogP contribution >= 0.6 is 11.6 Å². The molecule has 2 rings (SSSR count). The van der Waals surface area contributed by atoms with Gasteiger partial charge in [0.05, 0.1) is 0 Å². The Morgan fingerprint density at radius 1 is 1.27 bits per heavy atom. The second-order valence-electron chi connectivity index (χ2n) is 4.95. The summed E-state index contributed by atoms with van der Waals surface area (Å²) in [5, 5.41) is 10.7. The summed E-state index contributed by atoms with van der Waals surface area (Å²) in [6.07, 6.45) is -0.752. The van der Waals surface area contributed by atoms with Gasteiger partial charge in [-0.2, -0.15) is 0 Å². The second-order valence-corrected chi connectivity index (χ2v) is 5.39. The van der Waals surface area contributed by atoms with Crippen molar-refractivity contribution in [2.75, 3.05) is 18.6 Å². The summed E-state index contributed by atoms with van der Waals surface area (Å²) in [5.74, 6) is 0.590. The smallest absolute Gasteiger partial charge is 0.223 e. The van der Waals surface area contributed by atoms with Crippen molar-refractivity contribution < 1.29 is 14.6 Å². The van der Waals surface area contributed by atoms with Gasteiger partial charge in [-0.25, -0.2) is 0 Å². The minimum atomic E-state index is -0.752. The first-order valence-electron chi connectivity index (χ1n) is 6.88. The molecule has 2 aromatic carbocycles. The molecule has 22 heavy (non-hydrogen) atoms. The third-order valence-electron chi connectivity index (χ3n) is 3.34. The molecule has 0 radical (unpaired) electrons. The van der Waals surface area contributed by atoms with Gasteiger partial charge >= 0.3 is 0 Å². The number of rotatable bonds is 5. The summed E-state index contributed by atoms with van der Waals surface area (Å²) in [6.45, 7) is 1.63. The number of halogens is 1. The summed E-state index contributed by atoms with van der Waals surface area (Å²) < 4.78 is 5.56. The molecule has 1 atom stereocenters. The molecule has 0 aliphatic carbocycles. The lowest BCUT2D eigenvalue weighted by Crippen LogP contribution is -2.22. The predicted molar refractivity (Wildman–Crippen MR) is 87.4 cm³/mol. The molecule has 2 aromatic rings. The molecule has 5 heteroatoms. The van der Waals surface area contributed by atoms with Crippen LogP contribution in [0.3, 0.4) is 0 Å². The van der Waals surface area contributed by atoms with Crippen LogP contribution in [0.1, 0.15) is 18.6 Å². The van der Waals surface area contributed by atoms with E-state index in [1.165, 1.54) is 6.92 Å². The number of aliphatic hydroxyl groups is 1. The maximum Gasteiger partial charge on any atom is 0.223 e. The standard InChI is InChI=1S/C17H18ClNO3/c1-12(20)19(2)15-6-8-16(9-7-15)22-11-17(21)13-4-3-5-14(18)10-13/h3-10,17,21H,11H2,1-2H3. The van der Waals surface area contributed by atoms with Crippen molar-refractivity contribution in [1.29, 1.82) is 0 Å². The zero-order valence-corrected chi connectivity index (χ0v) is 13.2. The van der Waals surface area contributed by atoms with Crippen LogP contribution in [0.5, 0.6) is 5.75 Å². The zero-order chi connectivity index (χ0) is 16.1. The number of carbonyl (C=O) groups is 1. The van der Waals surface area contributed by atoms with Gasteiger partial charge in [0.1, 0.15) is 18.5 Å². The van der Waals surface area contributed by atoms with Crippen LogP contribution in [0.25, 0.3) is 0 Å². The zero-order valence-electron chi connectivity index (χ0n) is 12.5. The summed E-state index contributed by atoms with van der Waals surface area (Å²) >= 11 is 5.89. The molecule has 0 heterocycles. The molecule has 0 aliphatic rings. The fourth-order valence-corrected chi connectivity index (χ4v) is 2.13. The van der Waals surface area contributed by atoms with Crippen LogP contribution in [-0.2, 0) is 4.79 Å². The Balaban J connectivity index is 1.95. The average Bonchev–Trinajstić information content (AvgIpc) is 2.52. The summed E-state index contributed by atoms with van der Waals surface area (Å²) in [6, 6.07) is 14.2. The average molecular weight is 320 g/mol. The minimum Gasteiger partial charge on any atom is -0.491 e. The van der Waals surface area contributed by atoms with Gasteiger partial charge in [-0.15, -0.1) is 0 Å². The van der Waals surface area contributed by atoms with E-state index in [-0.39, 0.29) is 12.5 Å². The Labute approximate surface area is 134 Å².